The van der Waals surface area contributed by atoms with Gasteiger partial charge in [0.15, 0.2) is 0 Å². The van der Waals surface area contributed by atoms with Crippen molar-refractivity contribution in [3.63, 3.8) is 0 Å². The summed E-state index contributed by atoms with van der Waals surface area (Å²) in [5.74, 6) is -0.00804. The van der Waals surface area contributed by atoms with Crippen LogP contribution in [0.4, 0.5) is 0 Å². The number of aryl methyl sites for hydroxylation is 1. The fourth-order valence-electron chi connectivity index (χ4n) is 2.30. The van der Waals surface area contributed by atoms with E-state index in [2.05, 4.69) is 17.6 Å². The first-order valence-corrected chi connectivity index (χ1v) is 7.97. The Labute approximate surface area is 132 Å². The molecule has 1 aromatic heterocycles. The first kappa shape index (κ1) is 14.4. The monoisotopic (exact) mass is 318 g/mol. The minimum atomic E-state index is -0.358. The number of aromatic nitrogens is 1. The van der Waals surface area contributed by atoms with E-state index in [9.17, 15) is 9.59 Å². The molecule has 2 aliphatic rings. The predicted octanol–water partition coefficient (Wildman–Crippen LogP) is 2.42. The standard InChI is InChI=1S/C15H14N2O2S2/c1-9-2-3-10(8-16-9)4-5-11-6-12(15(19)20)17-13(18)7-14(17)21-11/h2-6,8,11,14H,7H2,1H3,(H,19,20)/b5-4-/t11?,14-/m1/s1. The Balaban J connectivity index is 1.79. The molecule has 1 amide bonds. The van der Waals surface area contributed by atoms with Crippen LogP contribution in [0.15, 0.2) is 36.2 Å². The van der Waals surface area contributed by atoms with E-state index in [1.807, 2.05) is 37.4 Å². The van der Waals surface area contributed by atoms with Gasteiger partial charge in [0.05, 0.1) is 17.5 Å². The van der Waals surface area contributed by atoms with E-state index >= 15 is 0 Å². The van der Waals surface area contributed by atoms with Crippen LogP contribution < -0.4 is 0 Å². The van der Waals surface area contributed by atoms with E-state index in [4.69, 9.17) is 0 Å². The average molecular weight is 318 g/mol. The molecule has 2 atom stereocenters. The van der Waals surface area contributed by atoms with Gasteiger partial charge < -0.3 is 0 Å². The Morgan fingerprint density at radius 2 is 2.33 bits per heavy atom. The third kappa shape index (κ3) is 2.91. The highest BCUT2D eigenvalue weighted by Gasteiger charge is 2.44. The Morgan fingerprint density at radius 1 is 1.52 bits per heavy atom. The highest BCUT2D eigenvalue weighted by molar-refractivity contribution is 8.01. The van der Waals surface area contributed by atoms with Crippen molar-refractivity contribution in [3.05, 3.63) is 47.4 Å². The summed E-state index contributed by atoms with van der Waals surface area (Å²) in [6.45, 7) is 1.94. The van der Waals surface area contributed by atoms with Crippen LogP contribution in [0, 0.1) is 6.92 Å². The molecule has 2 aliphatic heterocycles. The summed E-state index contributed by atoms with van der Waals surface area (Å²) in [4.78, 5) is 28.9. The van der Waals surface area contributed by atoms with Crippen LogP contribution in [0.1, 0.15) is 17.7 Å². The van der Waals surface area contributed by atoms with Crippen molar-refractivity contribution < 1.29 is 9.59 Å². The largest absolute Gasteiger partial charge is 0.295 e. The smallest absolute Gasteiger partial charge is 0.232 e. The van der Waals surface area contributed by atoms with Crippen molar-refractivity contribution in [1.29, 1.82) is 0 Å². The summed E-state index contributed by atoms with van der Waals surface area (Å²) in [5.41, 5.74) is 2.39. The molecule has 1 fully saturated rings. The lowest BCUT2D eigenvalue weighted by Gasteiger charge is -2.44. The molecule has 0 aliphatic carbocycles. The molecular formula is C15H14N2O2S2. The molecule has 1 unspecified atom stereocenters. The Hall–Kier alpha value is -1.53. The molecule has 0 aromatic carbocycles. The molecular weight excluding hydrogens is 304 g/mol. The molecule has 0 radical (unpaired) electrons. The van der Waals surface area contributed by atoms with Gasteiger partial charge in [-0.2, -0.15) is 0 Å². The third-order valence-electron chi connectivity index (χ3n) is 3.43. The summed E-state index contributed by atoms with van der Waals surface area (Å²) in [5, 5.41) is -0.241. The first-order valence-electron chi connectivity index (χ1n) is 6.58. The number of amides is 1. The second-order valence-corrected chi connectivity index (χ2v) is 6.74. The van der Waals surface area contributed by atoms with Crippen molar-refractivity contribution in [3.8, 4) is 0 Å². The lowest BCUT2D eigenvalue weighted by atomic mass is 10.1. The van der Waals surface area contributed by atoms with Crippen molar-refractivity contribution in [1.82, 2.24) is 9.88 Å². The van der Waals surface area contributed by atoms with E-state index in [0.29, 0.717) is 12.1 Å². The Bertz CT molecular complexity index is 652. The van der Waals surface area contributed by atoms with Gasteiger partial charge in [-0.25, -0.2) is 0 Å². The summed E-state index contributed by atoms with van der Waals surface area (Å²) < 4.78 is 0. The zero-order valence-electron chi connectivity index (χ0n) is 11.4. The lowest BCUT2D eigenvalue weighted by Crippen LogP contribution is -2.53. The predicted molar refractivity (Wildman–Crippen MR) is 86.7 cm³/mol. The molecule has 3 rings (SSSR count). The van der Waals surface area contributed by atoms with Crippen molar-refractivity contribution in [2.24, 2.45) is 0 Å². The van der Waals surface area contributed by atoms with Crippen molar-refractivity contribution >= 4 is 41.5 Å². The second-order valence-electron chi connectivity index (χ2n) is 4.97. The quantitative estimate of drug-likeness (QED) is 0.687. The molecule has 1 aromatic rings. The van der Waals surface area contributed by atoms with Gasteiger partial charge in [0.25, 0.3) is 0 Å². The molecule has 108 valence electrons. The molecule has 21 heavy (non-hydrogen) atoms. The number of β-lactam (4-membered cyclic amide) rings is 1. The summed E-state index contributed by atoms with van der Waals surface area (Å²) in [7, 11) is 0. The second kappa shape index (κ2) is 5.69. The molecule has 6 heteroatoms. The number of fused-ring (bicyclic) bond motifs is 1. The van der Waals surface area contributed by atoms with Gasteiger partial charge in [0, 0.05) is 17.1 Å². The summed E-state index contributed by atoms with van der Waals surface area (Å²) in [6.07, 6.45) is 8.10. The Kier molecular flexibility index (Phi) is 3.91. The molecule has 0 bridgehead atoms. The van der Waals surface area contributed by atoms with Gasteiger partial charge in [0.2, 0.25) is 11.0 Å². The van der Waals surface area contributed by atoms with Gasteiger partial charge >= 0.3 is 0 Å². The summed E-state index contributed by atoms with van der Waals surface area (Å²) in [6, 6.07) is 3.96. The van der Waals surface area contributed by atoms with Gasteiger partial charge in [-0.05, 0) is 24.6 Å². The van der Waals surface area contributed by atoms with Crippen LogP contribution in [-0.2, 0) is 9.59 Å². The van der Waals surface area contributed by atoms with E-state index in [-0.39, 0.29) is 21.6 Å². The highest BCUT2D eigenvalue weighted by atomic mass is 32.2. The molecule has 0 saturated carbocycles. The average Bonchev–Trinajstić information content (AvgIpc) is 2.44. The normalized spacial score (nSPS) is 24.6. The number of carbonyl (C=O) groups excluding carboxylic acids is 2. The maximum Gasteiger partial charge on any atom is 0.232 e. The van der Waals surface area contributed by atoms with Crippen LogP contribution in [0.25, 0.3) is 6.08 Å². The number of pyridine rings is 1. The number of carbonyl (C=O) groups is 2. The van der Waals surface area contributed by atoms with E-state index in [1.54, 1.807) is 17.8 Å². The minimum absolute atomic E-state index is 0.00804. The van der Waals surface area contributed by atoms with Crippen LogP contribution >= 0.6 is 24.4 Å². The lowest BCUT2D eigenvalue weighted by molar-refractivity contribution is -0.140. The van der Waals surface area contributed by atoms with Crippen LogP contribution in [0.2, 0.25) is 0 Å². The van der Waals surface area contributed by atoms with Crippen LogP contribution in [-0.4, -0.2) is 31.5 Å². The van der Waals surface area contributed by atoms with Gasteiger partial charge in [0.1, 0.15) is 0 Å². The fraction of sp³-hybridized carbons (Fsp3) is 0.267. The maximum absolute atomic E-state index is 11.6. The molecule has 0 spiro atoms. The van der Waals surface area contributed by atoms with Crippen molar-refractivity contribution in [2.75, 3.05) is 0 Å². The van der Waals surface area contributed by atoms with Crippen LogP contribution in [0.3, 0.4) is 0 Å². The number of thiol groups is 1. The zero-order valence-corrected chi connectivity index (χ0v) is 13.1. The first-order chi connectivity index (χ1) is 10.0. The number of hydrogen-bond donors (Lipinski definition) is 1. The van der Waals surface area contributed by atoms with Gasteiger partial charge in [-0.3, -0.25) is 19.5 Å². The van der Waals surface area contributed by atoms with E-state index < -0.39 is 0 Å². The summed E-state index contributed by atoms with van der Waals surface area (Å²) >= 11 is 5.52. The SMILES string of the molecule is Cc1ccc(/C=C\C2C=C(C(=O)S)N3C(=O)C[C@H]3S2)cn1. The van der Waals surface area contributed by atoms with Gasteiger partial charge in [-0.15, -0.1) is 11.8 Å². The number of hydrogen-bond acceptors (Lipinski definition) is 4. The van der Waals surface area contributed by atoms with Gasteiger partial charge in [-0.1, -0.05) is 30.8 Å². The highest BCUT2D eigenvalue weighted by Crippen LogP contribution is 2.41. The van der Waals surface area contributed by atoms with Crippen molar-refractivity contribution in [2.45, 2.75) is 24.0 Å². The fourth-order valence-corrected chi connectivity index (χ4v) is 3.81. The number of rotatable bonds is 3. The molecule has 0 N–H and O–H groups in total. The zero-order chi connectivity index (χ0) is 15.0. The molecule has 3 heterocycles. The third-order valence-corrected chi connectivity index (χ3v) is 4.96. The molecule has 1 saturated heterocycles. The number of thioether (sulfide) groups is 1. The van der Waals surface area contributed by atoms with E-state index in [0.717, 1.165) is 11.3 Å². The minimum Gasteiger partial charge on any atom is -0.295 e. The van der Waals surface area contributed by atoms with E-state index in [1.165, 1.54) is 4.90 Å². The molecule has 4 nitrogen and oxygen atoms in total. The van der Waals surface area contributed by atoms with Crippen LogP contribution in [0.5, 0.6) is 0 Å². The topological polar surface area (TPSA) is 50.3 Å². The number of nitrogens with zero attached hydrogens (tertiary/aromatic N) is 2. The maximum atomic E-state index is 11.6. The Morgan fingerprint density at radius 3 is 2.95 bits per heavy atom.